The van der Waals surface area contributed by atoms with Gasteiger partial charge in [-0.2, -0.15) is 0 Å². The number of nitrogens with one attached hydrogen (secondary N) is 1. The number of benzene rings is 1. The van der Waals surface area contributed by atoms with Crippen molar-refractivity contribution in [1.29, 1.82) is 0 Å². The summed E-state index contributed by atoms with van der Waals surface area (Å²) in [5.41, 5.74) is 0.322. The molecule has 0 radical (unpaired) electrons. The number of hydrogen-bond donors (Lipinski definition) is 2. The van der Waals surface area contributed by atoms with Gasteiger partial charge < -0.3 is 10.4 Å². The fourth-order valence-corrected chi connectivity index (χ4v) is 6.64. The molecule has 0 heterocycles. The van der Waals surface area contributed by atoms with Crippen LogP contribution in [0.15, 0.2) is 30.3 Å². The van der Waals surface area contributed by atoms with Crippen LogP contribution in [0.2, 0.25) is 0 Å². The van der Waals surface area contributed by atoms with Crippen LogP contribution >= 0.6 is 11.6 Å². The first-order valence-electron chi connectivity index (χ1n) is 9.56. The summed E-state index contributed by atoms with van der Waals surface area (Å²) >= 11 is 6.85. The van der Waals surface area contributed by atoms with Crippen LogP contribution in [0.4, 0.5) is 0 Å². The van der Waals surface area contributed by atoms with Gasteiger partial charge in [-0.25, -0.2) is 0 Å². The van der Waals surface area contributed by atoms with Crippen molar-refractivity contribution in [3.8, 4) is 0 Å². The summed E-state index contributed by atoms with van der Waals surface area (Å²) in [7, 11) is 0. The first-order valence-corrected chi connectivity index (χ1v) is 9.94. The van der Waals surface area contributed by atoms with Crippen molar-refractivity contribution in [3.05, 3.63) is 35.9 Å². The van der Waals surface area contributed by atoms with E-state index in [4.69, 9.17) is 11.6 Å². The summed E-state index contributed by atoms with van der Waals surface area (Å²) in [6, 6.07) is 9.99. The van der Waals surface area contributed by atoms with E-state index in [2.05, 4.69) is 17.4 Å². The van der Waals surface area contributed by atoms with Gasteiger partial charge in [0, 0.05) is 16.7 Å². The minimum Gasteiger partial charge on any atom is -0.389 e. The molecule has 0 spiro atoms. The second-order valence-corrected chi connectivity index (χ2v) is 9.78. The number of carbonyl (C=O) groups excluding carboxylic acids is 1. The van der Waals surface area contributed by atoms with Crippen LogP contribution in [0, 0.1) is 23.7 Å². The standard InChI is InChI=1S/C21H28ClNO2/c1-13(2)19(24)23-18(15-6-4-3-5-7-15)17-16-8-14-9-20(22,11-16)12-21(17,25)10-14/h3-7,13-14,16-18,25H,8-12H2,1-2H3,(H,23,24)/t14-,16+,17-,18+,20+,21+/m1/s1. The minimum absolute atomic E-state index is 0.0426. The lowest BCUT2D eigenvalue weighted by atomic mass is 9.47. The fraction of sp³-hybridized carbons (Fsp3) is 0.667. The Balaban J connectivity index is 1.71. The molecular weight excluding hydrogens is 334 g/mol. The smallest absolute Gasteiger partial charge is 0.223 e. The van der Waals surface area contributed by atoms with E-state index in [0.717, 1.165) is 31.2 Å². The number of amides is 1. The van der Waals surface area contributed by atoms with E-state index in [1.54, 1.807) is 0 Å². The van der Waals surface area contributed by atoms with Crippen LogP contribution in [-0.4, -0.2) is 21.5 Å². The van der Waals surface area contributed by atoms with E-state index in [1.807, 2.05) is 32.0 Å². The Morgan fingerprint density at radius 3 is 2.56 bits per heavy atom. The van der Waals surface area contributed by atoms with Crippen LogP contribution in [0.3, 0.4) is 0 Å². The van der Waals surface area contributed by atoms with Crippen molar-refractivity contribution in [2.45, 2.75) is 62.5 Å². The van der Waals surface area contributed by atoms with Gasteiger partial charge in [-0.05, 0) is 49.5 Å². The molecule has 0 saturated heterocycles. The van der Waals surface area contributed by atoms with Crippen molar-refractivity contribution in [2.75, 3.05) is 0 Å². The highest BCUT2D eigenvalue weighted by atomic mass is 35.5. The van der Waals surface area contributed by atoms with Gasteiger partial charge in [-0.15, -0.1) is 11.6 Å². The van der Waals surface area contributed by atoms with Crippen LogP contribution in [0.25, 0.3) is 0 Å². The molecule has 3 nitrogen and oxygen atoms in total. The van der Waals surface area contributed by atoms with Gasteiger partial charge in [-0.3, -0.25) is 4.79 Å². The summed E-state index contributed by atoms with van der Waals surface area (Å²) in [6.45, 7) is 3.83. The Hall–Kier alpha value is -1.06. The van der Waals surface area contributed by atoms with E-state index in [-0.39, 0.29) is 28.7 Å². The Kier molecular flexibility index (Phi) is 4.16. The van der Waals surface area contributed by atoms with Crippen molar-refractivity contribution in [2.24, 2.45) is 23.7 Å². The molecule has 5 rings (SSSR count). The Bertz CT molecular complexity index is 663. The summed E-state index contributed by atoms with van der Waals surface area (Å²) in [5.74, 6) is 0.926. The van der Waals surface area contributed by atoms with Gasteiger partial charge in [0.2, 0.25) is 5.91 Å². The quantitative estimate of drug-likeness (QED) is 0.795. The second kappa shape index (κ2) is 5.99. The molecule has 1 aromatic carbocycles. The summed E-state index contributed by atoms with van der Waals surface area (Å²) in [4.78, 5) is 12.3. The van der Waals surface area contributed by atoms with Crippen molar-refractivity contribution < 1.29 is 9.90 Å². The average molecular weight is 362 g/mol. The maximum Gasteiger partial charge on any atom is 0.223 e. The molecule has 0 aliphatic heterocycles. The monoisotopic (exact) mass is 361 g/mol. The molecular formula is C21H28ClNO2. The molecule has 1 amide bonds. The number of alkyl halides is 1. The molecule has 2 N–H and O–H groups in total. The van der Waals surface area contributed by atoms with Gasteiger partial charge in [0.15, 0.2) is 0 Å². The Morgan fingerprint density at radius 1 is 1.24 bits per heavy atom. The van der Waals surface area contributed by atoms with Crippen LogP contribution in [-0.2, 0) is 4.79 Å². The third kappa shape index (κ3) is 3.00. The summed E-state index contributed by atoms with van der Waals surface area (Å²) in [5, 5.41) is 14.8. The minimum atomic E-state index is -0.767. The lowest BCUT2D eigenvalue weighted by Crippen LogP contribution is -2.64. The zero-order valence-corrected chi connectivity index (χ0v) is 15.8. The van der Waals surface area contributed by atoms with Gasteiger partial charge >= 0.3 is 0 Å². The average Bonchev–Trinajstić information content (AvgIpc) is 2.51. The molecule has 4 aliphatic rings. The number of carbonyl (C=O) groups is 1. The third-order valence-corrected chi connectivity index (χ3v) is 7.09. The maximum atomic E-state index is 12.5. The van der Waals surface area contributed by atoms with E-state index in [1.165, 1.54) is 0 Å². The van der Waals surface area contributed by atoms with E-state index < -0.39 is 5.60 Å². The predicted octanol–water partition coefficient (Wildman–Crippen LogP) is 4.05. The molecule has 4 heteroatoms. The van der Waals surface area contributed by atoms with Crippen LogP contribution < -0.4 is 5.32 Å². The van der Waals surface area contributed by atoms with Gasteiger partial charge in [0.1, 0.15) is 0 Å². The molecule has 4 bridgehead atoms. The van der Waals surface area contributed by atoms with Crippen LogP contribution in [0.1, 0.15) is 57.6 Å². The molecule has 1 aromatic rings. The van der Waals surface area contributed by atoms with E-state index in [0.29, 0.717) is 18.3 Å². The Labute approximate surface area is 155 Å². The van der Waals surface area contributed by atoms with Crippen LogP contribution in [0.5, 0.6) is 0 Å². The zero-order chi connectivity index (χ0) is 17.8. The Morgan fingerprint density at radius 2 is 1.96 bits per heavy atom. The second-order valence-electron chi connectivity index (χ2n) is 8.98. The molecule has 4 saturated carbocycles. The highest BCUT2D eigenvalue weighted by molar-refractivity contribution is 6.24. The third-order valence-electron chi connectivity index (χ3n) is 6.65. The summed E-state index contributed by atoms with van der Waals surface area (Å²) < 4.78 is 0. The maximum absolute atomic E-state index is 12.5. The van der Waals surface area contributed by atoms with Gasteiger partial charge in [-0.1, -0.05) is 44.2 Å². The fourth-order valence-electron chi connectivity index (χ4n) is 6.00. The first-order chi connectivity index (χ1) is 11.8. The number of hydrogen-bond acceptors (Lipinski definition) is 2. The molecule has 136 valence electrons. The normalized spacial score (nSPS) is 40.3. The van der Waals surface area contributed by atoms with E-state index in [9.17, 15) is 9.90 Å². The number of rotatable bonds is 4. The number of halogens is 1. The molecule has 4 fully saturated rings. The van der Waals surface area contributed by atoms with Gasteiger partial charge in [0.05, 0.1) is 11.6 Å². The molecule has 6 atom stereocenters. The lowest BCUT2D eigenvalue weighted by molar-refractivity contribution is -0.175. The highest BCUT2D eigenvalue weighted by Crippen LogP contribution is 2.64. The molecule has 4 aliphatic carbocycles. The van der Waals surface area contributed by atoms with Crippen molar-refractivity contribution in [1.82, 2.24) is 5.32 Å². The summed E-state index contributed by atoms with van der Waals surface area (Å²) in [6.07, 6.45) is 4.60. The SMILES string of the molecule is CC(C)C(=O)N[C@@H](c1ccccc1)[C@H]1[C@H]2C[C@@H]3C[C@](Cl)(C2)C[C@@]1(O)C3. The highest BCUT2D eigenvalue weighted by Gasteiger charge is 2.63. The lowest BCUT2D eigenvalue weighted by Gasteiger charge is -2.63. The predicted molar refractivity (Wildman–Crippen MR) is 99.3 cm³/mol. The number of aliphatic hydroxyl groups is 1. The topological polar surface area (TPSA) is 49.3 Å². The largest absolute Gasteiger partial charge is 0.389 e. The van der Waals surface area contributed by atoms with E-state index >= 15 is 0 Å². The molecule has 25 heavy (non-hydrogen) atoms. The molecule has 0 aromatic heterocycles. The van der Waals surface area contributed by atoms with Crippen molar-refractivity contribution >= 4 is 17.5 Å². The van der Waals surface area contributed by atoms with Crippen molar-refractivity contribution in [3.63, 3.8) is 0 Å². The first kappa shape index (κ1) is 17.4. The van der Waals surface area contributed by atoms with Gasteiger partial charge in [0.25, 0.3) is 0 Å². The zero-order valence-electron chi connectivity index (χ0n) is 15.0. The molecule has 0 unspecified atom stereocenters.